The quantitative estimate of drug-likeness (QED) is 0.183. The summed E-state index contributed by atoms with van der Waals surface area (Å²) in [4.78, 5) is 11.7. The van der Waals surface area contributed by atoms with Crippen molar-refractivity contribution >= 4 is 11.9 Å². The monoisotopic (exact) mass is 307 g/mol. The number of hydrogen-bond donors (Lipinski definition) is 5. The highest BCUT2D eigenvalue weighted by Crippen LogP contribution is 2.03. The van der Waals surface area contributed by atoms with Crippen molar-refractivity contribution in [3.63, 3.8) is 0 Å². The van der Waals surface area contributed by atoms with E-state index in [2.05, 4.69) is 5.32 Å². The minimum atomic E-state index is -0.683. The van der Waals surface area contributed by atoms with Crippen molar-refractivity contribution in [2.24, 2.45) is 17.2 Å². The van der Waals surface area contributed by atoms with E-state index in [1.54, 1.807) is 0 Å². The van der Waals surface area contributed by atoms with Crippen molar-refractivity contribution in [3.05, 3.63) is 35.9 Å². The molecule has 0 heterocycles. The second-order valence-electron chi connectivity index (χ2n) is 5.17. The molecule has 0 saturated heterocycles. The van der Waals surface area contributed by atoms with Gasteiger partial charge in [0.1, 0.15) is 12.6 Å². The summed E-state index contributed by atoms with van der Waals surface area (Å²) in [5.41, 5.74) is 17.9. The summed E-state index contributed by atoms with van der Waals surface area (Å²) < 4.78 is 5.14. The smallest absolute Gasteiger partial charge is 0.322 e. The summed E-state index contributed by atoms with van der Waals surface area (Å²) >= 11 is 0. The van der Waals surface area contributed by atoms with Crippen LogP contribution in [-0.2, 0) is 16.0 Å². The van der Waals surface area contributed by atoms with Crippen LogP contribution < -0.4 is 22.5 Å². The van der Waals surface area contributed by atoms with E-state index >= 15 is 0 Å². The van der Waals surface area contributed by atoms with Crippen molar-refractivity contribution in [1.29, 1.82) is 5.41 Å². The fourth-order valence-corrected chi connectivity index (χ4v) is 1.93. The van der Waals surface area contributed by atoms with Gasteiger partial charge in [0, 0.05) is 12.6 Å². The highest BCUT2D eigenvalue weighted by atomic mass is 16.5. The highest BCUT2D eigenvalue weighted by molar-refractivity contribution is 5.75. The van der Waals surface area contributed by atoms with Crippen molar-refractivity contribution < 1.29 is 9.53 Å². The highest BCUT2D eigenvalue weighted by Gasteiger charge is 2.16. The second kappa shape index (κ2) is 9.75. The fourth-order valence-electron chi connectivity index (χ4n) is 1.93. The van der Waals surface area contributed by atoms with Gasteiger partial charge in [0.25, 0.3) is 0 Å². The molecule has 1 aromatic rings. The molecule has 0 aliphatic carbocycles. The Morgan fingerprint density at radius 1 is 1.27 bits per heavy atom. The molecule has 0 aliphatic rings. The molecule has 0 radical (unpaired) electrons. The predicted molar refractivity (Wildman–Crippen MR) is 86.2 cm³/mol. The van der Waals surface area contributed by atoms with E-state index in [0.29, 0.717) is 25.8 Å². The van der Waals surface area contributed by atoms with Crippen molar-refractivity contribution in [2.45, 2.75) is 31.3 Å². The third kappa shape index (κ3) is 7.61. The van der Waals surface area contributed by atoms with E-state index in [1.165, 1.54) is 0 Å². The Bertz CT molecular complexity index is 466. The molecule has 0 spiro atoms. The largest absolute Gasteiger partial charge is 0.463 e. The van der Waals surface area contributed by atoms with Crippen LogP contribution in [-0.4, -0.2) is 37.2 Å². The lowest BCUT2D eigenvalue weighted by molar-refractivity contribution is -0.145. The molecule has 22 heavy (non-hydrogen) atoms. The zero-order chi connectivity index (χ0) is 16.4. The topological polar surface area (TPSA) is 140 Å². The number of benzene rings is 1. The van der Waals surface area contributed by atoms with E-state index in [1.807, 2.05) is 30.3 Å². The molecule has 7 nitrogen and oxygen atoms in total. The van der Waals surface area contributed by atoms with Crippen molar-refractivity contribution in [2.75, 3.05) is 13.2 Å². The molecule has 0 amide bonds. The van der Waals surface area contributed by atoms with Crippen LogP contribution in [0.4, 0.5) is 0 Å². The Balaban J connectivity index is 2.19. The lowest BCUT2D eigenvalue weighted by Gasteiger charge is -2.15. The molecule has 2 atom stereocenters. The molecule has 8 N–H and O–H groups in total. The number of carbonyl (C=O) groups is 1. The Labute approximate surface area is 130 Å². The molecule has 1 rings (SSSR count). The van der Waals surface area contributed by atoms with Crippen LogP contribution in [0.5, 0.6) is 0 Å². The van der Waals surface area contributed by atoms with Gasteiger partial charge in [0.2, 0.25) is 0 Å². The predicted octanol–water partition coefficient (Wildman–Crippen LogP) is -0.310. The molecule has 122 valence electrons. The third-order valence-corrected chi connectivity index (χ3v) is 3.09. The fraction of sp³-hybridized carbons (Fsp3) is 0.467. The summed E-state index contributed by atoms with van der Waals surface area (Å²) in [6.07, 6.45) is 1.74. The first-order valence-corrected chi connectivity index (χ1v) is 7.28. The molecule has 0 saturated carbocycles. The summed E-state index contributed by atoms with van der Waals surface area (Å²) in [7, 11) is 0. The molecule has 0 bridgehead atoms. The number of nitrogens with two attached hydrogens (primary N) is 3. The Kier molecular flexibility index (Phi) is 7.95. The van der Waals surface area contributed by atoms with E-state index in [-0.39, 0.29) is 18.6 Å². The number of carbonyl (C=O) groups excluding carboxylic acids is 1. The Hall–Kier alpha value is -2.12. The summed E-state index contributed by atoms with van der Waals surface area (Å²) in [5, 5.41) is 9.65. The number of rotatable bonds is 9. The summed E-state index contributed by atoms with van der Waals surface area (Å²) in [6, 6.07) is 8.86. The number of hydrogen-bond acceptors (Lipinski definition) is 5. The lowest BCUT2D eigenvalue weighted by atomic mass is 10.1. The Morgan fingerprint density at radius 2 is 1.95 bits per heavy atom. The zero-order valence-electron chi connectivity index (χ0n) is 12.6. The molecular formula is C15H25N5O2. The van der Waals surface area contributed by atoms with Gasteiger partial charge < -0.3 is 27.3 Å². The number of nitrogens with one attached hydrogen (secondary N) is 2. The Morgan fingerprint density at radius 3 is 2.59 bits per heavy atom. The maximum Gasteiger partial charge on any atom is 0.322 e. The van der Waals surface area contributed by atoms with Crippen LogP contribution >= 0.6 is 0 Å². The molecule has 1 aromatic carbocycles. The van der Waals surface area contributed by atoms with Gasteiger partial charge in [-0.25, -0.2) is 0 Å². The van der Waals surface area contributed by atoms with Gasteiger partial charge in [-0.2, -0.15) is 0 Å². The van der Waals surface area contributed by atoms with Crippen LogP contribution in [0.3, 0.4) is 0 Å². The maximum atomic E-state index is 11.7. The standard InChI is InChI=1S/C15H25N5O2/c16-12(9-11-5-2-1-3-6-11)10-22-14(21)13(17)7-4-8-20-15(18)19/h1-3,5-6,12-13H,4,7-10,16-17H2,(H4,18,19,20)/t12?,13-/m0/s1. The average Bonchev–Trinajstić information content (AvgIpc) is 2.49. The average molecular weight is 307 g/mol. The van der Waals surface area contributed by atoms with Crippen molar-refractivity contribution in [3.8, 4) is 0 Å². The molecule has 1 unspecified atom stereocenters. The first kappa shape index (κ1) is 17.9. The molecule has 0 fully saturated rings. The maximum absolute atomic E-state index is 11.7. The third-order valence-electron chi connectivity index (χ3n) is 3.09. The van der Waals surface area contributed by atoms with Gasteiger partial charge >= 0.3 is 5.97 Å². The van der Waals surface area contributed by atoms with E-state index in [0.717, 1.165) is 5.56 Å². The number of guanidine groups is 1. The summed E-state index contributed by atoms with van der Waals surface area (Å²) in [6.45, 7) is 0.650. The van der Waals surface area contributed by atoms with E-state index in [9.17, 15) is 4.79 Å². The SMILES string of the molecule is N=C(N)NCCC[C@H](N)C(=O)OCC(N)Cc1ccccc1. The number of ether oxygens (including phenoxy) is 1. The van der Waals surface area contributed by atoms with Crippen LogP contribution in [0.15, 0.2) is 30.3 Å². The van der Waals surface area contributed by atoms with Crippen molar-refractivity contribution in [1.82, 2.24) is 5.32 Å². The molecule has 0 aromatic heterocycles. The second-order valence-corrected chi connectivity index (χ2v) is 5.17. The van der Waals surface area contributed by atoms with Crippen LogP contribution in [0, 0.1) is 5.41 Å². The van der Waals surface area contributed by atoms with Crippen LogP contribution in [0.2, 0.25) is 0 Å². The van der Waals surface area contributed by atoms with E-state index < -0.39 is 12.0 Å². The zero-order valence-corrected chi connectivity index (χ0v) is 12.6. The van der Waals surface area contributed by atoms with Gasteiger partial charge in [-0.3, -0.25) is 10.2 Å². The molecule has 7 heteroatoms. The van der Waals surface area contributed by atoms with E-state index in [4.69, 9.17) is 27.3 Å². The van der Waals surface area contributed by atoms with Gasteiger partial charge in [0.05, 0.1) is 0 Å². The van der Waals surface area contributed by atoms with Gasteiger partial charge in [-0.15, -0.1) is 0 Å². The lowest BCUT2D eigenvalue weighted by Crippen LogP contribution is -2.38. The van der Waals surface area contributed by atoms with Gasteiger partial charge in [-0.05, 0) is 24.8 Å². The first-order valence-electron chi connectivity index (χ1n) is 7.28. The minimum Gasteiger partial charge on any atom is -0.463 e. The van der Waals surface area contributed by atoms with Crippen LogP contribution in [0.1, 0.15) is 18.4 Å². The van der Waals surface area contributed by atoms with Gasteiger partial charge in [-0.1, -0.05) is 30.3 Å². The minimum absolute atomic E-state index is 0.0944. The first-order chi connectivity index (χ1) is 10.5. The summed E-state index contributed by atoms with van der Waals surface area (Å²) in [5.74, 6) is -0.547. The van der Waals surface area contributed by atoms with Crippen LogP contribution in [0.25, 0.3) is 0 Å². The molecule has 0 aliphatic heterocycles. The number of esters is 1. The molecular weight excluding hydrogens is 282 g/mol. The van der Waals surface area contributed by atoms with Gasteiger partial charge in [0.15, 0.2) is 5.96 Å². The normalized spacial score (nSPS) is 13.2.